The van der Waals surface area contributed by atoms with Crippen molar-refractivity contribution in [2.75, 3.05) is 46.8 Å². The number of hydrogen-bond donors (Lipinski definition) is 2. The Morgan fingerprint density at radius 3 is 2.22 bits per heavy atom. The number of ether oxygens (including phenoxy) is 3. The first-order chi connectivity index (χ1) is 17.6. The summed E-state index contributed by atoms with van der Waals surface area (Å²) in [6.07, 6.45) is 1.95. The predicted octanol–water partition coefficient (Wildman–Crippen LogP) is 3.11. The molecule has 2 aliphatic carbocycles. The lowest BCUT2D eigenvalue weighted by molar-refractivity contribution is 0.0512. The fraction of sp³-hybridized carbons (Fsp3) is 0.519. The summed E-state index contributed by atoms with van der Waals surface area (Å²) in [7, 11) is -0.353. The average Bonchev–Trinajstić information content (AvgIpc) is 3.38. The molecule has 0 saturated carbocycles. The van der Waals surface area contributed by atoms with Crippen molar-refractivity contribution in [2.45, 2.75) is 38.9 Å². The van der Waals surface area contributed by atoms with E-state index in [1.54, 1.807) is 37.3 Å². The summed E-state index contributed by atoms with van der Waals surface area (Å²) in [6, 6.07) is 13.3. The molecule has 0 bridgehead atoms. The van der Waals surface area contributed by atoms with E-state index in [0.717, 1.165) is 19.2 Å². The number of amides is 1. The van der Waals surface area contributed by atoms with Gasteiger partial charge in [-0.05, 0) is 56.1 Å². The zero-order valence-corrected chi connectivity index (χ0v) is 23.1. The Morgan fingerprint density at radius 2 is 1.76 bits per heavy atom. The molecule has 1 amide bonds. The Balaban J connectivity index is 0.000000542. The van der Waals surface area contributed by atoms with Gasteiger partial charge in [-0.2, -0.15) is 4.72 Å². The van der Waals surface area contributed by atoms with Crippen molar-refractivity contribution in [3.05, 3.63) is 48.0 Å². The maximum Gasteiger partial charge on any atom is 0.255 e. The number of rotatable bonds is 12. The number of nitrogens with zero attached hydrogens (tertiary/aromatic N) is 1. The molecule has 9 nitrogen and oxygen atoms in total. The molecule has 4 rings (SSSR count). The monoisotopic (exact) mass is 533 g/mol. The van der Waals surface area contributed by atoms with E-state index in [1.165, 1.54) is 11.1 Å². The molecule has 0 aromatic heterocycles. The Labute approximate surface area is 220 Å². The zero-order chi connectivity index (χ0) is 27.0. The Morgan fingerprint density at radius 1 is 1.08 bits per heavy atom. The molecule has 204 valence electrons. The van der Waals surface area contributed by atoms with Gasteiger partial charge in [0.15, 0.2) is 11.5 Å². The van der Waals surface area contributed by atoms with Gasteiger partial charge in [-0.25, -0.2) is 8.42 Å². The van der Waals surface area contributed by atoms with E-state index in [-0.39, 0.29) is 17.9 Å². The second kappa shape index (κ2) is 13.2. The fourth-order valence-corrected chi connectivity index (χ4v) is 5.09. The minimum absolute atomic E-state index is 0.0240. The Kier molecular flexibility index (Phi) is 10.3. The molecule has 1 unspecified atom stereocenters. The van der Waals surface area contributed by atoms with Crippen molar-refractivity contribution in [3.8, 4) is 22.6 Å². The molecule has 37 heavy (non-hydrogen) atoms. The molecule has 1 fully saturated rings. The average molecular weight is 534 g/mol. The number of hydrogen-bond acceptors (Lipinski definition) is 7. The van der Waals surface area contributed by atoms with Crippen molar-refractivity contribution in [2.24, 2.45) is 5.92 Å². The summed E-state index contributed by atoms with van der Waals surface area (Å²) in [5, 5.41) is 3.25. The summed E-state index contributed by atoms with van der Waals surface area (Å²) in [4.78, 5) is 15.2. The first kappa shape index (κ1) is 28.9. The highest BCUT2D eigenvalue weighted by Gasteiger charge is 2.36. The van der Waals surface area contributed by atoms with Crippen LogP contribution in [-0.2, 0) is 14.8 Å². The SMILES string of the molecule is COCCCOc1cc(C(=O)N(C(C)C)C(NS(C)(=O)=O)[C@H]2CCNC2)ccc1OC.c1cc2ccc1-2. The summed E-state index contributed by atoms with van der Waals surface area (Å²) < 4.78 is 43.0. The van der Waals surface area contributed by atoms with E-state index in [0.29, 0.717) is 43.2 Å². The third-order valence-electron chi connectivity index (χ3n) is 6.35. The van der Waals surface area contributed by atoms with Crippen molar-refractivity contribution >= 4 is 15.9 Å². The predicted molar refractivity (Wildman–Crippen MR) is 144 cm³/mol. The molecule has 2 atom stereocenters. The van der Waals surface area contributed by atoms with Crippen LogP contribution in [0.4, 0.5) is 0 Å². The van der Waals surface area contributed by atoms with E-state index in [4.69, 9.17) is 14.2 Å². The molecule has 0 radical (unpaired) electrons. The molecule has 0 spiro atoms. The molecular formula is C27H39N3O6S. The maximum absolute atomic E-state index is 13.6. The second-order valence-corrected chi connectivity index (χ2v) is 11.3. The minimum atomic E-state index is -3.52. The van der Waals surface area contributed by atoms with Crippen molar-refractivity contribution in [1.82, 2.24) is 14.9 Å². The minimum Gasteiger partial charge on any atom is -0.493 e. The number of methoxy groups -OCH3 is 2. The van der Waals surface area contributed by atoms with Crippen LogP contribution in [0.5, 0.6) is 11.5 Å². The molecule has 2 N–H and O–H groups in total. The number of sulfonamides is 1. The van der Waals surface area contributed by atoms with Crippen LogP contribution >= 0.6 is 0 Å². The van der Waals surface area contributed by atoms with Gasteiger partial charge in [-0.15, -0.1) is 0 Å². The first-order valence-electron chi connectivity index (χ1n) is 12.6. The molecule has 1 aromatic rings. The van der Waals surface area contributed by atoms with Gasteiger partial charge in [0.25, 0.3) is 5.91 Å². The van der Waals surface area contributed by atoms with Gasteiger partial charge in [0, 0.05) is 44.2 Å². The number of carbonyl (C=O) groups is 1. The van der Waals surface area contributed by atoms with Gasteiger partial charge in [0.05, 0.1) is 20.0 Å². The fourth-order valence-electron chi connectivity index (χ4n) is 4.35. The van der Waals surface area contributed by atoms with Crippen molar-refractivity contribution in [3.63, 3.8) is 0 Å². The number of benzene rings is 2. The van der Waals surface area contributed by atoms with Crippen molar-refractivity contribution in [1.29, 1.82) is 0 Å². The first-order valence-corrected chi connectivity index (χ1v) is 14.4. The normalized spacial score (nSPS) is 16.5. The molecule has 1 saturated heterocycles. The van der Waals surface area contributed by atoms with E-state index < -0.39 is 16.2 Å². The largest absolute Gasteiger partial charge is 0.493 e. The summed E-state index contributed by atoms with van der Waals surface area (Å²) in [6.45, 7) is 6.17. The molecule has 1 aliphatic heterocycles. The molecule has 10 heteroatoms. The number of carbonyl (C=O) groups excluding carboxylic acids is 1. The van der Waals surface area contributed by atoms with E-state index in [9.17, 15) is 13.2 Å². The van der Waals surface area contributed by atoms with Gasteiger partial charge in [-0.3, -0.25) is 4.79 Å². The highest BCUT2D eigenvalue weighted by molar-refractivity contribution is 7.88. The summed E-state index contributed by atoms with van der Waals surface area (Å²) in [5.74, 6) is 0.690. The molecule has 3 aliphatic rings. The van der Waals surface area contributed by atoms with Crippen LogP contribution in [0.3, 0.4) is 0 Å². The third kappa shape index (κ3) is 7.91. The van der Waals surface area contributed by atoms with E-state index >= 15 is 0 Å². The third-order valence-corrected chi connectivity index (χ3v) is 7.02. The van der Waals surface area contributed by atoms with Crippen molar-refractivity contribution < 1.29 is 27.4 Å². The van der Waals surface area contributed by atoms with Gasteiger partial charge < -0.3 is 24.4 Å². The van der Waals surface area contributed by atoms with E-state index in [2.05, 4.69) is 34.3 Å². The van der Waals surface area contributed by atoms with Crippen LogP contribution in [0.25, 0.3) is 11.1 Å². The number of nitrogens with one attached hydrogen (secondary N) is 2. The molecular weight excluding hydrogens is 494 g/mol. The number of fused-ring (bicyclic) bond motifs is 1. The van der Waals surface area contributed by atoms with Crippen LogP contribution in [0.2, 0.25) is 0 Å². The summed E-state index contributed by atoms with van der Waals surface area (Å²) >= 11 is 0. The van der Waals surface area contributed by atoms with Crippen LogP contribution in [0.1, 0.15) is 37.0 Å². The van der Waals surface area contributed by atoms with Gasteiger partial charge in [0.2, 0.25) is 10.0 Å². The van der Waals surface area contributed by atoms with E-state index in [1.807, 2.05) is 13.8 Å². The lowest BCUT2D eigenvalue weighted by Crippen LogP contribution is -2.57. The topological polar surface area (TPSA) is 106 Å². The quantitative estimate of drug-likeness (QED) is 0.272. The standard InChI is InChI=1S/C21H35N3O6S.C6H4/c1-15(2)24(20(23-31(5,26)27)17-9-10-22-14-17)21(25)16-7-8-18(29-4)19(13-16)30-12-6-11-28-3;1-2-6-4-3-5(1)6/h7-8,13,15,17,20,22-23H,6,9-12,14H2,1-5H3;1-4H/t17-,20?;/m0./s1. The highest BCUT2D eigenvalue weighted by atomic mass is 32.2. The Hall–Kier alpha value is -2.66. The van der Waals surface area contributed by atoms with Gasteiger partial charge in [0.1, 0.15) is 6.17 Å². The molecule has 1 heterocycles. The van der Waals surface area contributed by atoms with Crippen LogP contribution in [0.15, 0.2) is 42.5 Å². The molecule has 1 aromatic carbocycles. The smallest absolute Gasteiger partial charge is 0.255 e. The Bertz CT molecular complexity index is 1110. The van der Waals surface area contributed by atoms with Crippen LogP contribution in [0, 0.1) is 5.92 Å². The zero-order valence-electron chi connectivity index (χ0n) is 22.3. The maximum atomic E-state index is 13.6. The van der Waals surface area contributed by atoms with Crippen LogP contribution < -0.4 is 19.5 Å². The highest BCUT2D eigenvalue weighted by Crippen LogP contribution is 2.31. The van der Waals surface area contributed by atoms with Crippen LogP contribution in [-0.4, -0.2) is 78.2 Å². The second-order valence-electron chi connectivity index (χ2n) is 9.53. The summed E-state index contributed by atoms with van der Waals surface area (Å²) in [5.41, 5.74) is 3.26. The lowest BCUT2D eigenvalue weighted by atomic mass is 9.95. The lowest BCUT2D eigenvalue weighted by Gasteiger charge is -2.38. The van der Waals surface area contributed by atoms with Gasteiger partial charge >= 0.3 is 0 Å². The van der Waals surface area contributed by atoms with Gasteiger partial charge in [-0.1, -0.05) is 24.3 Å².